The smallest absolute Gasteiger partial charge is 0.116 e. The molecule has 0 bridgehead atoms. The van der Waals surface area contributed by atoms with Crippen molar-refractivity contribution in [2.24, 2.45) is 0 Å². The third kappa shape index (κ3) is 2.97. The molecule has 0 fully saturated rings. The van der Waals surface area contributed by atoms with Crippen molar-refractivity contribution < 1.29 is 0 Å². The first-order valence-electron chi connectivity index (χ1n) is 9.30. The van der Waals surface area contributed by atoms with Crippen molar-refractivity contribution in [1.82, 2.24) is 29.8 Å². The molecule has 0 unspecified atom stereocenters. The monoisotopic (exact) mass is 368 g/mol. The van der Waals surface area contributed by atoms with Gasteiger partial charge >= 0.3 is 0 Å². The maximum atomic E-state index is 4.86. The molecule has 5 rings (SSSR count). The Hall–Kier alpha value is -3.38. The van der Waals surface area contributed by atoms with E-state index in [0.717, 1.165) is 58.2 Å². The Morgan fingerprint density at radius 3 is 2.75 bits per heavy atom. The summed E-state index contributed by atoms with van der Waals surface area (Å²) in [5.74, 6) is 0. The third-order valence-corrected chi connectivity index (χ3v) is 5.02. The summed E-state index contributed by atoms with van der Waals surface area (Å²) in [6.07, 6.45) is 5.88. The molecule has 6 nitrogen and oxygen atoms in total. The molecular weight excluding hydrogens is 348 g/mol. The average Bonchev–Trinajstić information content (AvgIpc) is 3.36. The van der Waals surface area contributed by atoms with E-state index in [1.807, 2.05) is 43.5 Å². The second-order valence-corrected chi connectivity index (χ2v) is 7.18. The number of imidazole rings is 1. The number of likely N-dealkylation sites (N-methyl/N-ethyl adjacent to an activating group) is 1. The fourth-order valence-electron chi connectivity index (χ4n) is 3.58. The van der Waals surface area contributed by atoms with Crippen molar-refractivity contribution in [2.75, 3.05) is 20.1 Å². The van der Waals surface area contributed by atoms with Gasteiger partial charge in [-0.25, -0.2) is 9.97 Å². The van der Waals surface area contributed by atoms with Gasteiger partial charge in [0.1, 0.15) is 5.69 Å². The highest BCUT2D eigenvalue weighted by molar-refractivity contribution is 5.84. The number of aromatic amines is 1. The molecule has 0 amide bonds. The second-order valence-electron chi connectivity index (χ2n) is 7.18. The summed E-state index contributed by atoms with van der Waals surface area (Å²) in [6.45, 7) is 3.90. The van der Waals surface area contributed by atoms with Gasteiger partial charge in [0.15, 0.2) is 0 Å². The van der Waals surface area contributed by atoms with E-state index in [2.05, 4.69) is 44.0 Å². The number of fused-ring (bicyclic) bond motifs is 1. The van der Waals surface area contributed by atoms with E-state index in [1.165, 1.54) is 5.57 Å². The van der Waals surface area contributed by atoms with E-state index in [0.29, 0.717) is 0 Å². The lowest BCUT2D eigenvalue weighted by molar-refractivity contribution is 0.438. The van der Waals surface area contributed by atoms with Crippen LogP contribution < -0.4 is 0 Å². The number of nitrogens with zero attached hydrogens (tertiary/aromatic N) is 5. The molecule has 4 aromatic heterocycles. The van der Waals surface area contributed by atoms with E-state index >= 15 is 0 Å². The summed E-state index contributed by atoms with van der Waals surface area (Å²) in [5.41, 5.74) is 8.49. The maximum Gasteiger partial charge on any atom is 0.116 e. The molecule has 0 aromatic carbocycles. The molecule has 1 N–H and O–H groups in total. The fourth-order valence-corrected chi connectivity index (χ4v) is 3.58. The first-order valence-corrected chi connectivity index (χ1v) is 9.30. The molecule has 0 radical (unpaired) electrons. The van der Waals surface area contributed by atoms with Gasteiger partial charge in [0.2, 0.25) is 0 Å². The lowest BCUT2D eigenvalue weighted by atomic mass is 10.1. The van der Waals surface area contributed by atoms with Crippen LogP contribution in [-0.4, -0.2) is 50.0 Å². The van der Waals surface area contributed by atoms with Gasteiger partial charge in [-0.3, -0.25) is 14.9 Å². The normalized spacial score (nSPS) is 14.6. The average molecular weight is 368 g/mol. The first kappa shape index (κ1) is 16.8. The van der Waals surface area contributed by atoms with Crippen LogP contribution in [0.4, 0.5) is 0 Å². The van der Waals surface area contributed by atoms with E-state index in [4.69, 9.17) is 4.98 Å². The molecule has 5 heterocycles. The minimum absolute atomic E-state index is 0.796. The van der Waals surface area contributed by atoms with E-state index in [-0.39, 0.29) is 0 Å². The summed E-state index contributed by atoms with van der Waals surface area (Å²) < 4.78 is 0. The predicted molar refractivity (Wildman–Crippen MR) is 111 cm³/mol. The topological polar surface area (TPSA) is 70.6 Å². The van der Waals surface area contributed by atoms with Crippen LogP contribution in [0, 0.1) is 6.92 Å². The van der Waals surface area contributed by atoms with E-state index in [1.54, 1.807) is 6.33 Å². The molecule has 1 aliphatic rings. The predicted octanol–water partition coefficient (Wildman–Crippen LogP) is 3.72. The van der Waals surface area contributed by atoms with Crippen LogP contribution in [0.15, 0.2) is 55.0 Å². The summed E-state index contributed by atoms with van der Waals surface area (Å²) in [4.78, 5) is 24.1. The zero-order chi connectivity index (χ0) is 19.1. The van der Waals surface area contributed by atoms with Crippen molar-refractivity contribution in [3.63, 3.8) is 0 Å². The minimum atomic E-state index is 0.796. The van der Waals surface area contributed by atoms with Crippen molar-refractivity contribution in [1.29, 1.82) is 0 Å². The second kappa shape index (κ2) is 6.65. The molecule has 0 atom stereocenters. The summed E-state index contributed by atoms with van der Waals surface area (Å²) >= 11 is 0. The van der Waals surface area contributed by atoms with Crippen LogP contribution >= 0.6 is 0 Å². The Labute approximate surface area is 163 Å². The van der Waals surface area contributed by atoms with Gasteiger partial charge < -0.3 is 4.98 Å². The Morgan fingerprint density at radius 2 is 1.93 bits per heavy atom. The Kier molecular flexibility index (Phi) is 3.98. The van der Waals surface area contributed by atoms with Crippen LogP contribution in [0.1, 0.15) is 11.3 Å². The van der Waals surface area contributed by atoms with Gasteiger partial charge in [-0.1, -0.05) is 12.1 Å². The standard InChI is InChI=1S/C22H20N6/c1-14-4-3-5-18(26-14)21-22(25-13-24-21)19-7-6-17-20(27-19)10-16(11-23-17)15-8-9-28(2)12-15/h3-8,10-11,13H,9,12H2,1-2H3,(H,24,25). The zero-order valence-corrected chi connectivity index (χ0v) is 15.8. The number of hydrogen-bond acceptors (Lipinski definition) is 5. The van der Waals surface area contributed by atoms with E-state index in [9.17, 15) is 0 Å². The highest BCUT2D eigenvalue weighted by Gasteiger charge is 2.15. The molecule has 0 spiro atoms. The molecule has 4 aromatic rings. The quantitative estimate of drug-likeness (QED) is 0.597. The van der Waals surface area contributed by atoms with Crippen LogP contribution in [0.5, 0.6) is 0 Å². The summed E-state index contributed by atoms with van der Waals surface area (Å²) in [5, 5.41) is 0. The van der Waals surface area contributed by atoms with Gasteiger partial charge in [0.25, 0.3) is 0 Å². The third-order valence-electron chi connectivity index (χ3n) is 5.02. The van der Waals surface area contributed by atoms with Gasteiger partial charge in [-0.2, -0.15) is 0 Å². The van der Waals surface area contributed by atoms with E-state index < -0.39 is 0 Å². The number of hydrogen-bond donors (Lipinski definition) is 1. The van der Waals surface area contributed by atoms with Crippen molar-refractivity contribution >= 4 is 16.6 Å². The molecule has 1 aliphatic heterocycles. The van der Waals surface area contributed by atoms with Gasteiger partial charge in [0.05, 0.1) is 34.4 Å². The molecule has 138 valence electrons. The van der Waals surface area contributed by atoms with Crippen molar-refractivity contribution in [2.45, 2.75) is 6.92 Å². The zero-order valence-electron chi connectivity index (χ0n) is 15.8. The van der Waals surface area contributed by atoms with Crippen LogP contribution in [0.3, 0.4) is 0 Å². The molecule has 0 aliphatic carbocycles. The SMILES string of the molecule is Cc1cccc(-c2[nH]cnc2-c2ccc3ncc(C4=CCN(C)C4)cc3n2)n1. The van der Waals surface area contributed by atoms with Gasteiger partial charge in [0, 0.05) is 25.0 Å². The van der Waals surface area contributed by atoms with Crippen LogP contribution in [0.25, 0.3) is 39.4 Å². The van der Waals surface area contributed by atoms with Crippen LogP contribution in [-0.2, 0) is 0 Å². The fraction of sp³-hybridized carbons (Fsp3) is 0.182. The van der Waals surface area contributed by atoms with Crippen molar-refractivity contribution in [3.05, 3.63) is 66.3 Å². The number of aromatic nitrogens is 5. The van der Waals surface area contributed by atoms with Crippen molar-refractivity contribution in [3.8, 4) is 22.8 Å². The summed E-state index contributed by atoms with van der Waals surface area (Å²) in [6, 6.07) is 12.0. The Balaban J connectivity index is 1.58. The highest BCUT2D eigenvalue weighted by atomic mass is 15.1. The molecule has 0 saturated carbocycles. The van der Waals surface area contributed by atoms with Crippen LogP contribution in [0.2, 0.25) is 0 Å². The minimum Gasteiger partial charge on any atom is -0.343 e. The Morgan fingerprint density at radius 1 is 1.00 bits per heavy atom. The van der Waals surface area contributed by atoms with Gasteiger partial charge in [-0.15, -0.1) is 0 Å². The lowest BCUT2D eigenvalue weighted by Crippen LogP contribution is -2.13. The molecule has 6 heteroatoms. The largest absolute Gasteiger partial charge is 0.343 e. The number of pyridine rings is 3. The Bertz CT molecular complexity index is 1210. The number of H-pyrrole nitrogens is 1. The number of nitrogens with one attached hydrogen (secondary N) is 1. The highest BCUT2D eigenvalue weighted by Crippen LogP contribution is 2.29. The number of aryl methyl sites for hydroxylation is 1. The number of rotatable bonds is 3. The maximum absolute atomic E-state index is 4.86. The molecule has 28 heavy (non-hydrogen) atoms. The molecule has 0 saturated heterocycles. The lowest BCUT2D eigenvalue weighted by Gasteiger charge is -2.09. The van der Waals surface area contributed by atoms with Gasteiger partial charge in [-0.05, 0) is 55.4 Å². The molecular formula is C22H20N6. The first-order chi connectivity index (χ1) is 13.7. The summed E-state index contributed by atoms with van der Waals surface area (Å²) in [7, 11) is 2.12.